The van der Waals surface area contributed by atoms with E-state index in [2.05, 4.69) is 37.0 Å². The lowest BCUT2D eigenvalue weighted by Crippen LogP contribution is -2.30. The number of hydrogen-bond acceptors (Lipinski definition) is 4. The maximum Gasteiger partial charge on any atom is 0.174 e. The van der Waals surface area contributed by atoms with Gasteiger partial charge in [-0.1, -0.05) is 18.2 Å². The zero-order valence-electron chi connectivity index (χ0n) is 16.9. The van der Waals surface area contributed by atoms with E-state index in [0.29, 0.717) is 5.11 Å². The highest BCUT2D eigenvalue weighted by atomic mass is 32.1. The molecule has 4 aromatic rings. The standard InChI is InChI=1S/C24H21N5OS/c1-30-21-10-3-2-8-19(21)29-23(22(27-24(29)31)18-7-4-5-13-26-18)20-9-6-16-28(20)17-11-14-25-15-12-17/h2-16,22-23H,1H3,(H,27,31). The SMILES string of the molecule is COc1ccccc1N1C(=S)NC(c2ccccn2)C1c1cccn1-c1ccncc1. The third-order valence-corrected chi connectivity index (χ3v) is 5.78. The van der Waals surface area contributed by atoms with Crippen molar-refractivity contribution in [3.05, 3.63) is 103 Å². The van der Waals surface area contributed by atoms with Gasteiger partial charge in [0.05, 0.1) is 24.5 Å². The summed E-state index contributed by atoms with van der Waals surface area (Å²) in [4.78, 5) is 10.9. The number of pyridine rings is 2. The van der Waals surface area contributed by atoms with Crippen LogP contribution in [0.1, 0.15) is 23.5 Å². The van der Waals surface area contributed by atoms with Gasteiger partial charge in [-0.2, -0.15) is 0 Å². The predicted octanol–water partition coefficient (Wildman–Crippen LogP) is 4.45. The molecule has 154 valence electrons. The Morgan fingerprint density at radius 2 is 1.74 bits per heavy atom. The van der Waals surface area contributed by atoms with Crippen molar-refractivity contribution >= 4 is 23.0 Å². The van der Waals surface area contributed by atoms with Crippen molar-refractivity contribution in [3.8, 4) is 11.4 Å². The summed E-state index contributed by atoms with van der Waals surface area (Å²) in [5, 5.41) is 4.13. The molecule has 0 bridgehead atoms. The number of ether oxygens (including phenoxy) is 1. The monoisotopic (exact) mass is 427 g/mol. The zero-order chi connectivity index (χ0) is 21.2. The summed E-state index contributed by atoms with van der Waals surface area (Å²) >= 11 is 5.83. The second kappa shape index (κ2) is 8.20. The zero-order valence-corrected chi connectivity index (χ0v) is 17.7. The molecule has 0 radical (unpaired) electrons. The lowest BCUT2D eigenvalue weighted by atomic mass is 10.0. The highest BCUT2D eigenvalue weighted by Gasteiger charge is 2.43. The van der Waals surface area contributed by atoms with Gasteiger partial charge in [-0.05, 0) is 60.7 Å². The molecule has 0 saturated carbocycles. The number of anilines is 1. The highest BCUT2D eigenvalue weighted by Crippen LogP contribution is 2.44. The van der Waals surface area contributed by atoms with Gasteiger partial charge >= 0.3 is 0 Å². The Labute approximate surface area is 186 Å². The summed E-state index contributed by atoms with van der Waals surface area (Å²) in [6, 6.07) is 21.8. The molecule has 1 aromatic carbocycles. The van der Waals surface area contributed by atoms with Crippen molar-refractivity contribution in [3.63, 3.8) is 0 Å². The number of rotatable bonds is 5. The topological polar surface area (TPSA) is 55.2 Å². The first-order chi connectivity index (χ1) is 15.3. The molecule has 2 atom stereocenters. The number of methoxy groups -OCH3 is 1. The van der Waals surface area contributed by atoms with Gasteiger partial charge in [0, 0.05) is 36.2 Å². The van der Waals surface area contributed by atoms with Gasteiger partial charge in [0.2, 0.25) is 0 Å². The summed E-state index contributed by atoms with van der Waals surface area (Å²) in [7, 11) is 1.68. The second-order valence-electron chi connectivity index (χ2n) is 7.18. The van der Waals surface area contributed by atoms with E-state index in [1.807, 2.05) is 66.9 Å². The number of para-hydroxylation sites is 2. The number of nitrogens with zero attached hydrogens (tertiary/aromatic N) is 4. The molecule has 6 nitrogen and oxygen atoms in total. The Balaban J connectivity index is 1.69. The fourth-order valence-corrected chi connectivity index (χ4v) is 4.46. The Hall–Kier alpha value is -3.71. The van der Waals surface area contributed by atoms with Crippen molar-refractivity contribution in [2.24, 2.45) is 0 Å². The van der Waals surface area contributed by atoms with Crippen LogP contribution in [0.3, 0.4) is 0 Å². The minimum Gasteiger partial charge on any atom is -0.495 e. The van der Waals surface area contributed by atoms with Crippen molar-refractivity contribution in [2.45, 2.75) is 12.1 Å². The molecule has 3 aromatic heterocycles. The minimum atomic E-state index is -0.137. The Morgan fingerprint density at radius 1 is 0.935 bits per heavy atom. The van der Waals surface area contributed by atoms with E-state index in [1.54, 1.807) is 19.5 Å². The van der Waals surface area contributed by atoms with Crippen LogP contribution >= 0.6 is 12.2 Å². The smallest absolute Gasteiger partial charge is 0.174 e. The summed E-state index contributed by atoms with van der Waals surface area (Å²) in [6.07, 6.45) is 7.46. The lowest BCUT2D eigenvalue weighted by Gasteiger charge is -2.29. The number of hydrogen-bond donors (Lipinski definition) is 1. The fraction of sp³-hybridized carbons (Fsp3) is 0.125. The molecule has 0 aliphatic carbocycles. The van der Waals surface area contributed by atoms with Crippen LogP contribution in [0, 0.1) is 0 Å². The Bertz CT molecular complexity index is 1190. The minimum absolute atomic E-state index is 0.130. The quantitative estimate of drug-likeness (QED) is 0.475. The summed E-state index contributed by atoms with van der Waals surface area (Å²) < 4.78 is 7.83. The first-order valence-electron chi connectivity index (χ1n) is 9.99. The van der Waals surface area contributed by atoms with Gasteiger partial charge < -0.3 is 19.5 Å². The molecule has 1 fully saturated rings. The first-order valence-corrected chi connectivity index (χ1v) is 10.4. The Kier molecular flexibility index (Phi) is 5.09. The second-order valence-corrected chi connectivity index (χ2v) is 7.56. The average molecular weight is 428 g/mol. The van der Waals surface area contributed by atoms with Crippen LogP contribution in [-0.4, -0.2) is 26.8 Å². The van der Waals surface area contributed by atoms with E-state index in [1.165, 1.54) is 0 Å². The third kappa shape index (κ3) is 3.43. The van der Waals surface area contributed by atoms with Crippen LogP contribution in [0.5, 0.6) is 5.75 Å². The third-order valence-electron chi connectivity index (χ3n) is 5.47. The summed E-state index contributed by atoms with van der Waals surface area (Å²) in [6.45, 7) is 0. The van der Waals surface area contributed by atoms with Crippen LogP contribution in [-0.2, 0) is 0 Å². The van der Waals surface area contributed by atoms with Gasteiger partial charge in [0.1, 0.15) is 11.8 Å². The van der Waals surface area contributed by atoms with Gasteiger partial charge in [-0.3, -0.25) is 9.97 Å². The van der Waals surface area contributed by atoms with E-state index in [0.717, 1.165) is 28.5 Å². The molecule has 0 amide bonds. The molecule has 1 N–H and O–H groups in total. The van der Waals surface area contributed by atoms with Gasteiger partial charge in [0.25, 0.3) is 0 Å². The van der Waals surface area contributed by atoms with E-state index in [9.17, 15) is 0 Å². The normalized spacial score (nSPS) is 18.1. The van der Waals surface area contributed by atoms with Crippen molar-refractivity contribution in [1.29, 1.82) is 0 Å². The molecule has 1 saturated heterocycles. The Morgan fingerprint density at radius 3 is 2.52 bits per heavy atom. The largest absolute Gasteiger partial charge is 0.495 e. The van der Waals surface area contributed by atoms with Crippen molar-refractivity contribution in [2.75, 3.05) is 12.0 Å². The van der Waals surface area contributed by atoms with Crippen LogP contribution in [0.15, 0.2) is 91.5 Å². The fourth-order valence-electron chi connectivity index (χ4n) is 4.12. The molecule has 1 aliphatic heterocycles. The van der Waals surface area contributed by atoms with Gasteiger partial charge in [0.15, 0.2) is 5.11 Å². The number of nitrogens with one attached hydrogen (secondary N) is 1. The molecular formula is C24H21N5OS. The molecular weight excluding hydrogens is 406 g/mol. The van der Waals surface area contributed by atoms with E-state index in [4.69, 9.17) is 17.0 Å². The number of thiocarbonyl (C=S) groups is 1. The molecule has 31 heavy (non-hydrogen) atoms. The molecule has 2 unspecified atom stereocenters. The van der Waals surface area contributed by atoms with Crippen molar-refractivity contribution in [1.82, 2.24) is 19.9 Å². The summed E-state index contributed by atoms with van der Waals surface area (Å²) in [5.74, 6) is 0.764. The van der Waals surface area contributed by atoms with Crippen LogP contribution in [0.25, 0.3) is 5.69 Å². The van der Waals surface area contributed by atoms with E-state index < -0.39 is 0 Å². The number of benzene rings is 1. The molecule has 7 heteroatoms. The lowest BCUT2D eigenvalue weighted by molar-refractivity contribution is 0.414. The van der Waals surface area contributed by atoms with Crippen LogP contribution in [0.4, 0.5) is 5.69 Å². The van der Waals surface area contributed by atoms with Gasteiger partial charge in [-0.25, -0.2) is 0 Å². The molecule has 4 heterocycles. The molecule has 5 rings (SSSR count). The predicted molar refractivity (Wildman–Crippen MR) is 124 cm³/mol. The first kappa shape index (κ1) is 19.3. The maximum atomic E-state index is 5.83. The molecule has 1 aliphatic rings. The van der Waals surface area contributed by atoms with Crippen molar-refractivity contribution < 1.29 is 4.74 Å². The van der Waals surface area contributed by atoms with Gasteiger partial charge in [-0.15, -0.1) is 0 Å². The van der Waals surface area contributed by atoms with Crippen LogP contribution in [0.2, 0.25) is 0 Å². The van der Waals surface area contributed by atoms with Crippen LogP contribution < -0.4 is 15.0 Å². The maximum absolute atomic E-state index is 5.83. The van der Waals surface area contributed by atoms with E-state index >= 15 is 0 Å². The van der Waals surface area contributed by atoms with E-state index in [-0.39, 0.29) is 12.1 Å². The number of aromatic nitrogens is 3. The summed E-state index contributed by atoms with van der Waals surface area (Å²) in [5.41, 5.74) is 3.95. The average Bonchev–Trinajstić information content (AvgIpc) is 3.44. The highest BCUT2D eigenvalue weighted by molar-refractivity contribution is 7.80. The molecule has 0 spiro atoms.